The highest BCUT2D eigenvalue weighted by Crippen LogP contribution is 2.34. The number of rotatable bonds is 7. The van der Waals surface area contributed by atoms with Gasteiger partial charge in [-0.3, -0.25) is 4.79 Å². The van der Waals surface area contributed by atoms with Crippen molar-refractivity contribution in [1.82, 2.24) is 4.90 Å². The average molecular weight is 286 g/mol. The van der Waals surface area contributed by atoms with Crippen LogP contribution in [0.5, 0.6) is 0 Å². The topological polar surface area (TPSA) is 82.2 Å². The molecule has 0 aromatic heterocycles. The number of amides is 1. The number of nitriles is 1. The molecular formula is C16H22N4O. The van der Waals surface area contributed by atoms with Crippen LogP contribution < -0.4 is 11.1 Å². The molecule has 0 bridgehead atoms. The monoisotopic (exact) mass is 286 g/mol. The lowest BCUT2D eigenvalue weighted by molar-refractivity contribution is -0.116. The van der Waals surface area contributed by atoms with Crippen LogP contribution in [0.15, 0.2) is 24.3 Å². The van der Waals surface area contributed by atoms with E-state index in [1.165, 1.54) is 12.8 Å². The average Bonchev–Trinajstić information content (AvgIpc) is 3.31. The maximum Gasteiger partial charge on any atom is 0.225 e. The molecule has 3 N–H and O–H groups in total. The minimum atomic E-state index is -0.0730. The summed E-state index contributed by atoms with van der Waals surface area (Å²) in [6, 6.07) is 9.48. The van der Waals surface area contributed by atoms with E-state index < -0.39 is 0 Å². The van der Waals surface area contributed by atoms with E-state index in [1.54, 1.807) is 24.3 Å². The normalized spacial score (nSPS) is 15.5. The minimum Gasteiger partial charge on any atom is -0.329 e. The molecule has 21 heavy (non-hydrogen) atoms. The van der Waals surface area contributed by atoms with Crippen molar-refractivity contribution in [3.8, 4) is 6.07 Å². The zero-order chi connectivity index (χ0) is 15.2. The van der Waals surface area contributed by atoms with Crippen molar-refractivity contribution in [2.45, 2.75) is 25.3 Å². The number of carbonyl (C=O) groups excluding carboxylic acids is 1. The predicted molar refractivity (Wildman–Crippen MR) is 82.6 cm³/mol. The highest BCUT2D eigenvalue weighted by atomic mass is 16.1. The molecule has 1 aromatic carbocycles. The third-order valence-electron chi connectivity index (χ3n) is 3.99. The van der Waals surface area contributed by atoms with Crippen molar-refractivity contribution in [2.75, 3.05) is 25.5 Å². The van der Waals surface area contributed by atoms with Gasteiger partial charge in [0.05, 0.1) is 11.3 Å². The van der Waals surface area contributed by atoms with E-state index in [-0.39, 0.29) is 5.91 Å². The Balaban J connectivity index is 1.83. The number of hydrogen-bond donors (Lipinski definition) is 2. The summed E-state index contributed by atoms with van der Waals surface area (Å²) in [6.07, 6.45) is 2.89. The Hall–Kier alpha value is -1.90. The van der Waals surface area contributed by atoms with Crippen molar-refractivity contribution >= 4 is 11.6 Å². The fourth-order valence-electron chi connectivity index (χ4n) is 2.56. The van der Waals surface area contributed by atoms with E-state index in [1.807, 2.05) is 7.05 Å². The Morgan fingerprint density at radius 1 is 1.52 bits per heavy atom. The number of nitrogens with two attached hydrogens (primary N) is 1. The molecule has 0 saturated heterocycles. The first-order valence-corrected chi connectivity index (χ1v) is 7.35. The smallest absolute Gasteiger partial charge is 0.225 e. The molecule has 1 fully saturated rings. The van der Waals surface area contributed by atoms with E-state index in [0.29, 0.717) is 42.7 Å². The Kier molecular flexibility index (Phi) is 5.32. The second-order valence-corrected chi connectivity index (χ2v) is 5.58. The van der Waals surface area contributed by atoms with Crippen LogP contribution in [0.1, 0.15) is 24.8 Å². The van der Waals surface area contributed by atoms with Crippen LogP contribution in [0.4, 0.5) is 5.69 Å². The van der Waals surface area contributed by atoms with Crippen molar-refractivity contribution < 1.29 is 4.79 Å². The highest BCUT2D eigenvalue weighted by Gasteiger charge is 2.32. The van der Waals surface area contributed by atoms with Crippen LogP contribution in [-0.2, 0) is 4.79 Å². The lowest BCUT2D eigenvalue weighted by Crippen LogP contribution is -2.40. The maximum absolute atomic E-state index is 12.0. The van der Waals surface area contributed by atoms with Crippen molar-refractivity contribution in [3.63, 3.8) is 0 Å². The fraction of sp³-hybridized carbons (Fsp3) is 0.500. The first kappa shape index (κ1) is 15.5. The van der Waals surface area contributed by atoms with Crippen LogP contribution in [0.3, 0.4) is 0 Å². The molecule has 0 aliphatic heterocycles. The molecule has 1 amide bonds. The number of hydrogen-bond acceptors (Lipinski definition) is 4. The quantitative estimate of drug-likeness (QED) is 0.797. The maximum atomic E-state index is 12.0. The van der Waals surface area contributed by atoms with Gasteiger partial charge in [0.2, 0.25) is 5.91 Å². The zero-order valence-corrected chi connectivity index (χ0v) is 12.4. The molecule has 1 aromatic rings. The number of nitrogens with one attached hydrogen (secondary N) is 1. The summed E-state index contributed by atoms with van der Waals surface area (Å²) in [4.78, 5) is 14.2. The van der Waals surface area contributed by atoms with E-state index in [9.17, 15) is 4.79 Å². The van der Waals surface area contributed by atoms with Crippen LogP contribution in [0.25, 0.3) is 0 Å². The lowest BCUT2D eigenvalue weighted by Gasteiger charge is -2.26. The summed E-state index contributed by atoms with van der Waals surface area (Å²) >= 11 is 0. The number of benzene rings is 1. The third kappa shape index (κ3) is 4.28. The second kappa shape index (κ2) is 7.21. The Labute approximate surface area is 125 Å². The molecule has 1 saturated carbocycles. The summed E-state index contributed by atoms with van der Waals surface area (Å²) in [5.41, 5.74) is 6.86. The standard InChI is InChI=1S/C16H22N4O/c1-20(15(11-18)12-6-7-12)9-8-16(21)19-14-5-3-2-4-13(14)10-17/h2-5,12,15H,6-9,11,18H2,1H3,(H,19,21). The molecule has 0 heterocycles. The number of para-hydroxylation sites is 1. The molecule has 0 spiro atoms. The molecular weight excluding hydrogens is 264 g/mol. The zero-order valence-electron chi connectivity index (χ0n) is 12.4. The summed E-state index contributed by atoms with van der Waals surface area (Å²) in [5, 5.41) is 11.8. The van der Waals surface area contributed by atoms with Gasteiger partial charge >= 0.3 is 0 Å². The molecule has 2 rings (SSSR count). The molecule has 112 valence electrons. The van der Waals surface area contributed by atoms with Gasteiger partial charge in [-0.25, -0.2) is 0 Å². The van der Waals surface area contributed by atoms with Crippen molar-refractivity contribution in [1.29, 1.82) is 5.26 Å². The Morgan fingerprint density at radius 2 is 2.24 bits per heavy atom. The van der Waals surface area contributed by atoms with Crippen LogP contribution in [0.2, 0.25) is 0 Å². The van der Waals surface area contributed by atoms with Gasteiger partial charge in [0, 0.05) is 25.6 Å². The number of anilines is 1. The molecule has 1 aliphatic carbocycles. The second-order valence-electron chi connectivity index (χ2n) is 5.58. The summed E-state index contributed by atoms with van der Waals surface area (Å²) in [6.45, 7) is 1.32. The molecule has 5 heteroatoms. The van der Waals surface area contributed by atoms with Gasteiger partial charge < -0.3 is 16.0 Å². The lowest BCUT2D eigenvalue weighted by atomic mass is 10.1. The van der Waals surface area contributed by atoms with Gasteiger partial charge in [0.1, 0.15) is 6.07 Å². The number of carbonyl (C=O) groups is 1. The number of likely N-dealkylation sites (N-methyl/N-ethyl adjacent to an activating group) is 1. The summed E-state index contributed by atoms with van der Waals surface area (Å²) in [7, 11) is 2.02. The van der Waals surface area contributed by atoms with Gasteiger partial charge in [-0.15, -0.1) is 0 Å². The van der Waals surface area contributed by atoms with E-state index in [4.69, 9.17) is 11.0 Å². The van der Waals surface area contributed by atoms with Gasteiger partial charge in [-0.2, -0.15) is 5.26 Å². The van der Waals surface area contributed by atoms with Gasteiger partial charge in [0.15, 0.2) is 0 Å². The van der Waals surface area contributed by atoms with E-state index >= 15 is 0 Å². The van der Waals surface area contributed by atoms with Crippen LogP contribution in [-0.4, -0.2) is 37.0 Å². The van der Waals surface area contributed by atoms with Crippen molar-refractivity contribution in [2.24, 2.45) is 11.7 Å². The summed E-state index contributed by atoms with van der Waals surface area (Å²) < 4.78 is 0. The Bertz CT molecular complexity index is 533. The van der Waals surface area contributed by atoms with E-state index in [0.717, 1.165) is 0 Å². The highest BCUT2D eigenvalue weighted by molar-refractivity contribution is 5.92. The molecule has 1 atom stereocenters. The number of nitrogens with zero attached hydrogens (tertiary/aromatic N) is 2. The van der Waals surface area contributed by atoms with Crippen LogP contribution in [0, 0.1) is 17.2 Å². The molecule has 0 radical (unpaired) electrons. The van der Waals surface area contributed by atoms with Gasteiger partial charge in [0.25, 0.3) is 0 Å². The largest absolute Gasteiger partial charge is 0.329 e. The molecule has 5 nitrogen and oxygen atoms in total. The fourth-order valence-corrected chi connectivity index (χ4v) is 2.56. The molecule has 1 unspecified atom stereocenters. The SMILES string of the molecule is CN(CCC(=O)Nc1ccccc1C#N)C(CN)C1CC1. The van der Waals surface area contributed by atoms with Gasteiger partial charge in [-0.05, 0) is 37.9 Å². The Morgan fingerprint density at radius 3 is 2.86 bits per heavy atom. The first-order valence-electron chi connectivity index (χ1n) is 7.35. The van der Waals surface area contributed by atoms with Crippen LogP contribution >= 0.6 is 0 Å². The molecule has 1 aliphatic rings. The third-order valence-corrected chi connectivity index (χ3v) is 3.99. The minimum absolute atomic E-state index is 0.0730. The van der Waals surface area contributed by atoms with E-state index in [2.05, 4.69) is 16.3 Å². The first-order chi connectivity index (χ1) is 10.2. The van der Waals surface area contributed by atoms with Gasteiger partial charge in [-0.1, -0.05) is 12.1 Å². The summed E-state index contributed by atoms with van der Waals surface area (Å²) in [5.74, 6) is 0.624. The van der Waals surface area contributed by atoms with Crippen molar-refractivity contribution in [3.05, 3.63) is 29.8 Å². The predicted octanol–water partition coefficient (Wildman–Crippen LogP) is 1.56.